The number of nitrogens with zero attached hydrogens (tertiary/aromatic N) is 5. The van der Waals surface area contributed by atoms with Crippen LogP contribution in [0.15, 0.2) is 60.7 Å². The molecule has 178 valence electrons. The molecule has 3 N–H and O–H groups in total. The quantitative estimate of drug-likeness (QED) is 0.463. The number of anilines is 4. The number of fused-ring (bicyclic) bond motifs is 1. The molecule has 0 aromatic carbocycles. The number of pyridine rings is 1. The number of aromatic nitrogens is 4. The fourth-order valence-electron chi connectivity index (χ4n) is 4.54. The highest BCUT2D eigenvalue weighted by atomic mass is 15.3. The summed E-state index contributed by atoms with van der Waals surface area (Å²) in [7, 11) is 0. The number of dihydropyridines is 1. The molecule has 8 nitrogen and oxygen atoms in total. The van der Waals surface area contributed by atoms with Gasteiger partial charge in [0, 0.05) is 55.2 Å². The van der Waals surface area contributed by atoms with Crippen LogP contribution in [0.3, 0.4) is 0 Å². The van der Waals surface area contributed by atoms with E-state index in [1.54, 1.807) is 6.20 Å². The summed E-state index contributed by atoms with van der Waals surface area (Å²) in [6.45, 7) is 11.0. The van der Waals surface area contributed by atoms with Crippen LogP contribution < -0.4 is 20.9 Å². The van der Waals surface area contributed by atoms with E-state index in [9.17, 15) is 0 Å². The van der Waals surface area contributed by atoms with Crippen LogP contribution in [0.2, 0.25) is 0 Å². The second kappa shape index (κ2) is 9.00. The molecule has 1 saturated heterocycles. The standard InChI is InChI=1S/C26H34N8/c1-18(2)14-19-6-5-7-21(28-19)30-25-31-22(16-24(32-25)34-12-9-26(3,4)17-34)29-20-8-11-33-13-10-27-23(33)15-20/h5-8,10-11,13,15-16,18,21,28H,9,12,14,17H2,1-4H3,(H2,29,30,31,32). The van der Waals surface area contributed by atoms with Crippen LogP contribution in [-0.4, -0.2) is 38.6 Å². The van der Waals surface area contributed by atoms with Crippen LogP contribution in [0.1, 0.15) is 40.5 Å². The second-order valence-electron chi connectivity index (χ2n) is 10.4. The predicted octanol–water partition coefficient (Wildman–Crippen LogP) is 4.93. The van der Waals surface area contributed by atoms with Crippen molar-refractivity contribution in [1.29, 1.82) is 0 Å². The molecule has 0 aliphatic carbocycles. The summed E-state index contributed by atoms with van der Waals surface area (Å²) in [5.41, 5.74) is 3.33. The summed E-state index contributed by atoms with van der Waals surface area (Å²) < 4.78 is 1.99. The Morgan fingerprint density at radius 2 is 2.09 bits per heavy atom. The molecule has 2 aliphatic heterocycles. The molecule has 5 rings (SSSR count). The summed E-state index contributed by atoms with van der Waals surface area (Å²) in [5.74, 6) is 2.88. The maximum Gasteiger partial charge on any atom is 0.228 e. The predicted molar refractivity (Wildman–Crippen MR) is 138 cm³/mol. The van der Waals surface area contributed by atoms with E-state index in [0.29, 0.717) is 11.9 Å². The van der Waals surface area contributed by atoms with Gasteiger partial charge >= 0.3 is 0 Å². The van der Waals surface area contributed by atoms with E-state index in [2.05, 4.69) is 71.8 Å². The van der Waals surface area contributed by atoms with Gasteiger partial charge in [-0.15, -0.1) is 0 Å². The van der Waals surface area contributed by atoms with Gasteiger partial charge in [-0.05, 0) is 42.4 Å². The molecule has 0 bridgehead atoms. The van der Waals surface area contributed by atoms with Gasteiger partial charge in [0.15, 0.2) is 0 Å². The minimum atomic E-state index is -0.0573. The van der Waals surface area contributed by atoms with Crippen molar-refractivity contribution < 1.29 is 0 Å². The largest absolute Gasteiger partial charge is 0.365 e. The van der Waals surface area contributed by atoms with Crippen LogP contribution in [0.4, 0.5) is 23.3 Å². The van der Waals surface area contributed by atoms with E-state index in [0.717, 1.165) is 48.9 Å². The van der Waals surface area contributed by atoms with Crippen LogP contribution in [0, 0.1) is 11.3 Å². The number of allylic oxidation sites excluding steroid dienone is 3. The van der Waals surface area contributed by atoms with Crippen LogP contribution >= 0.6 is 0 Å². The van der Waals surface area contributed by atoms with E-state index in [4.69, 9.17) is 9.97 Å². The van der Waals surface area contributed by atoms with Crippen molar-refractivity contribution in [3.05, 3.63) is 60.7 Å². The zero-order chi connectivity index (χ0) is 23.7. The Balaban J connectivity index is 1.40. The molecule has 3 aromatic rings. The first-order valence-corrected chi connectivity index (χ1v) is 12.1. The average molecular weight is 459 g/mol. The summed E-state index contributed by atoms with van der Waals surface area (Å²) >= 11 is 0. The molecule has 1 fully saturated rings. The molecule has 0 spiro atoms. The van der Waals surface area contributed by atoms with E-state index in [1.165, 1.54) is 5.70 Å². The Morgan fingerprint density at radius 3 is 2.88 bits per heavy atom. The third-order valence-corrected chi connectivity index (χ3v) is 6.24. The third kappa shape index (κ3) is 5.16. The van der Waals surface area contributed by atoms with Gasteiger partial charge in [-0.25, -0.2) is 4.98 Å². The molecule has 8 heteroatoms. The maximum atomic E-state index is 4.90. The third-order valence-electron chi connectivity index (χ3n) is 6.24. The van der Waals surface area contributed by atoms with Crippen LogP contribution in [0.5, 0.6) is 0 Å². The van der Waals surface area contributed by atoms with Gasteiger partial charge in [0.05, 0.1) is 0 Å². The molecule has 2 aliphatic rings. The molecule has 3 aromatic heterocycles. The Morgan fingerprint density at radius 1 is 1.21 bits per heavy atom. The topological polar surface area (TPSA) is 82.4 Å². The summed E-state index contributed by atoms with van der Waals surface area (Å²) in [5, 5.41) is 10.5. The molecule has 5 heterocycles. The summed E-state index contributed by atoms with van der Waals surface area (Å²) in [4.78, 5) is 16.4. The Labute approximate surface area is 201 Å². The van der Waals surface area contributed by atoms with Crippen molar-refractivity contribution in [1.82, 2.24) is 24.7 Å². The molecule has 0 radical (unpaired) electrons. The summed E-state index contributed by atoms with van der Waals surface area (Å²) in [6.07, 6.45) is 14.2. The van der Waals surface area contributed by atoms with Crippen molar-refractivity contribution in [2.24, 2.45) is 11.3 Å². The second-order valence-corrected chi connectivity index (χ2v) is 10.4. The fraction of sp³-hybridized carbons (Fsp3) is 0.423. The van der Waals surface area contributed by atoms with Crippen molar-refractivity contribution >= 4 is 28.9 Å². The van der Waals surface area contributed by atoms with E-state index in [1.807, 2.05) is 35.0 Å². The van der Waals surface area contributed by atoms with E-state index >= 15 is 0 Å². The SMILES string of the molecule is CC(C)CC1=CC=CC(Nc2nc(Nc3ccn4ccnc4c3)cc(N3CCC(C)(C)C3)n2)N1. The lowest BCUT2D eigenvalue weighted by Gasteiger charge is -2.25. The number of nitrogens with one attached hydrogen (secondary N) is 3. The van der Waals surface area contributed by atoms with Gasteiger partial charge in [-0.3, -0.25) is 0 Å². The normalized spacial score (nSPS) is 19.4. The minimum absolute atomic E-state index is 0.0573. The van der Waals surface area contributed by atoms with Crippen molar-refractivity contribution in [3.63, 3.8) is 0 Å². The summed E-state index contributed by atoms with van der Waals surface area (Å²) in [6, 6.07) is 6.08. The molecule has 34 heavy (non-hydrogen) atoms. The Hall–Kier alpha value is -3.55. The number of hydrogen-bond acceptors (Lipinski definition) is 7. The zero-order valence-corrected chi connectivity index (χ0v) is 20.4. The minimum Gasteiger partial charge on any atom is -0.365 e. The maximum absolute atomic E-state index is 4.90. The fourth-order valence-corrected chi connectivity index (χ4v) is 4.54. The monoisotopic (exact) mass is 458 g/mol. The van der Waals surface area contributed by atoms with Crippen LogP contribution in [0.25, 0.3) is 5.65 Å². The molecular weight excluding hydrogens is 424 g/mol. The van der Waals surface area contributed by atoms with Crippen molar-refractivity contribution in [3.8, 4) is 0 Å². The van der Waals surface area contributed by atoms with Gasteiger partial charge in [-0.2, -0.15) is 9.97 Å². The molecule has 1 unspecified atom stereocenters. The first-order valence-electron chi connectivity index (χ1n) is 12.1. The molecule has 0 saturated carbocycles. The number of imidazole rings is 1. The highest BCUT2D eigenvalue weighted by Crippen LogP contribution is 2.33. The number of rotatable bonds is 7. The van der Waals surface area contributed by atoms with Crippen molar-refractivity contribution in [2.45, 2.75) is 46.7 Å². The lowest BCUT2D eigenvalue weighted by molar-refractivity contribution is 0.418. The van der Waals surface area contributed by atoms with Gasteiger partial charge in [0.25, 0.3) is 0 Å². The molecule has 0 amide bonds. The number of hydrogen-bond donors (Lipinski definition) is 3. The Bertz CT molecular complexity index is 1220. The van der Waals surface area contributed by atoms with Gasteiger partial charge < -0.3 is 25.3 Å². The van der Waals surface area contributed by atoms with Crippen LogP contribution in [-0.2, 0) is 0 Å². The van der Waals surface area contributed by atoms with Gasteiger partial charge in [0.1, 0.15) is 23.4 Å². The average Bonchev–Trinajstić information content (AvgIpc) is 3.39. The smallest absolute Gasteiger partial charge is 0.228 e. The first-order chi connectivity index (χ1) is 16.3. The lowest BCUT2D eigenvalue weighted by atomic mass is 9.93. The first kappa shape index (κ1) is 22.3. The van der Waals surface area contributed by atoms with Gasteiger partial charge in [0.2, 0.25) is 5.95 Å². The molecule has 1 atom stereocenters. The lowest BCUT2D eigenvalue weighted by Crippen LogP contribution is -2.36. The highest BCUT2D eigenvalue weighted by molar-refractivity contribution is 5.65. The van der Waals surface area contributed by atoms with Crippen molar-refractivity contribution in [2.75, 3.05) is 28.6 Å². The molecular formula is C26H34N8. The zero-order valence-electron chi connectivity index (χ0n) is 20.4. The van der Waals surface area contributed by atoms with E-state index in [-0.39, 0.29) is 11.6 Å². The van der Waals surface area contributed by atoms with Gasteiger partial charge in [-0.1, -0.05) is 33.8 Å². The highest BCUT2D eigenvalue weighted by Gasteiger charge is 2.30. The Kier molecular flexibility index (Phi) is 5.89. The van der Waals surface area contributed by atoms with E-state index < -0.39 is 0 Å².